The highest BCUT2D eigenvalue weighted by Crippen LogP contribution is 2.32. The number of nitrogens with zero attached hydrogens (tertiary/aromatic N) is 5. The lowest BCUT2D eigenvalue weighted by molar-refractivity contribution is 0.0688. The summed E-state index contributed by atoms with van der Waals surface area (Å²) in [4.78, 5) is 27.7. The van der Waals surface area contributed by atoms with E-state index >= 15 is 0 Å². The van der Waals surface area contributed by atoms with Crippen molar-refractivity contribution < 1.29 is 9.53 Å². The number of aromatic nitrogens is 4. The van der Waals surface area contributed by atoms with Gasteiger partial charge in [-0.3, -0.25) is 9.78 Å². The molecule has 27 heavy (non-hydrogen) atoms. The van der Waals surface area contributed by atoms with Crippen molar-refractivity contribution >= 4 is 5.91 Å². The number of carbonyl (C=O) groups is 1. The molecule has 1 aromatic carbocycles. The Hall–Kier alpha value is -3.22. The molecule has 1 aliphatic heterocycles. The highest BCUT2D eigenvalue weighted by atomic mass is 16.5. The molecule has 138 valence electrons. The average Bonchev–Trinajstić information content (AvgIpc) is 3.14. The summed E-state index contributed by atoms with van der Waals surface area (Å²) in [5.74, 6) is 1.70. The fourth-order valence-corrected chi connectivity index (χ4v) is 3.39. The van der Waals surface area contributed by atoms with Crippen LogP contribution in [0.25, 0.3) is 0 Å². The van der Waals surface area contributed by atoms with Gasteiger partial charge in [0.15, 0.2) is 5.82 Å². The maximum absolute atomic E-state index is 12.8. The fourth-order valence-electron chi connectivity index (χ4n) is 3.39. The maximum atomic E-state index is 12.8. The summed E-state index contributed by atoms with van der Waals surface area (Å²) in [6.07, 6.45) is 8.57. The van der Waals surface area contributed by atoms with Crippen LogP contribution in [0.4, 0.5) is 0 Å². The molecular formula is C20H21N5O2. The number of hydrogen-bond donors (Lipinski definition) is 0. The van der Waals surface area contributed by atoms with Gasteiger partial charge in [-0.15, -0.1) is 0 Å². The number of para-hydroxylation sites is 1. The van der Waals surface area contributed by atoms with Gasteiger partial charge in [0, 0.05) is 50.8 Å². The third-order valence-corrected chi connectivity index (χ3v) is 4.76. The van der Waals surface area contributed by atoms with E-state index in [-0.39, 0.29) is 11.8 Å². The number of benzene rings is 1. The molecule has 0 N–H and O–H groups in total. The zero-order chi connectivity index (χ0) is 18.6. The summed E-state index contributed by atoms with van der Waals surface area (Å²) in [7, 11) is 1.83. The molecule has 0 aliphatic carbocycles. The van der Waals surface area contributed by atoms with E-state index < -0.39 is 0 Å². The standard InChI is InChI=1S/C20H21N5O2/c1-24-13-11-22-18(24)20(26)25-12-5-6-15(14-25)17-19(23-10-9-21-17)27-16-7-3-2-4-8-16/h2-4,7-11,13,15H,5-6,12,14H2,1H3. The normalized spacial score (nSPS) is 16.9. The van der Waals surface area contributed by atoms with Crippen LogP contribution < -0.4 is 4.74 Å². The second-order valence-electron chi connectivity index (χ2n) is 6.61. The largest absolute Gasteiger partial charge is 0.437 e. The number of likely N-dealkylation sites (tertiary alicyclic amines) is 1. The Bertz CT molecular complexity index is 925. The Morgan fingerprint density at radius 3 is 2.70 bits per heavy atom. The molecule has 1 aliphatic rings. The van der Waals surface area contributed by atoms with Crippen LogP contribution in [0.15, 0.2) is 55.1 Å². The number of ether oxygens (including phenoxy) is 1. The number of imidazole rings is 1. The molecule has 2 aromatic heterocycles. The molecular weight excluding hydrogens is 342 g/mol. The number of hydrogen-bond acceptors (Lipinski definition) is 5. The lowest BCUT2D eigenvalue weighted by Gasteiger charge is -2.32. The van der Waals surface area contributed by atoms with Crippen LogP contribution in [-0.4, -0.2) is 43.4 Å². The zero-order valence-corrected chi connectivity index (χ0v) is 15.2. The molecule has 0 bridgehead atoms. The molecule has 3 heterocycles. The molecule has 1 fully saturated rings. The average molecular weight is 363 g/mol. The van der Waals surface area contributed by atoms with Gasteiger partial charge in [-0.25, -0.2) is 9.97 Å². The molecule has 7 nitrogen and oxygen atoms in total. The quantitative estimate of drug-likeness (QED) is 0.712. The topological polar surface area (TPSA) is 73.1 Å². The van der Waals surface area contributed by atoms with E-state index in [9.17, 15) is 4.79 Å². The number of piperidine rings is 1. The monoisotopic (exact) mass is 363 g/mol. The van der Waals surface area contributed by atoms with Crippen LogP contribution in [0.2, 0.25) is 0 Å². The van der Waals surface area contributed by atoms with Gasteiger partial charge in [0.2, 0.25) is 5.88 Å². The molecule has 1 unspecified atom stereocenters. The first kappa shape index (κ1) is 17.2. The Labute approximate surface area is 157 Å². The van der Waals surface area contributed by atoms with E-state index in [1.165, 1.54) is 0 Å². The Morgan fingerprint density at radius 1 is 1.11 bits per heavy atom. The zero-order valence-electron chi connectivity index (χ0n) is 15.2. The van der Waals surface area contributed by atoms with Crippen molar-refractivity contribution in [2.45, 2.75) is 18.8 Å². The lowest BCUT2D eigenvalue weighted by atomic mass is 9.94. The predicted molar refractivity (Wildman–Crippen MR) is 99.6 cm³/mol. The fraction of sp³-hybridized carbons (Fsp3) is 0.300. The highest BCUT2D eigenvalue weighted by Gasteiger charge is 2.30. The Kier molecular flexibility index (Phi) is 4.82. The van der Waals surface area contributed by atoms with Gasteiger partial charge < -0.3 is 14.2 Å². The first-order valence-corrected chi connectivity index (χ1v) is 9.03. The van der Waals surface area contributed by atoms with E-state index in [0.29, 0.717) is 18.2 Å². The van der Waals surface area contributed by atoms with Crippen molar-refractivity contribution in [1.29, 1.82) is 0 Å². The van der Waals surface area contributed by atoms with E-state index in [1.54, 1.807) is 29.4 Å². The van der Waals surface area contributed by atoms with E-state index in [1.807, 2.05) is 42.3 Å². The van der Waals surface area contributed by atoms with E-state index in [4.69, 9.17) is 4.74 Å². The van der Waals surface area contributed by atoms with Crippen LogP contribution in [0.1, 0.15) is 35.1 Å². The molecule has 7 heteroatoms. The molecule has 0 saturated carbocycles. The number of aryl methyl sites for hydroxylation is 1. The van der Waals surface area contributed by atoms with Crippen molar-refractivity contribution in [3.63, 3.8) is 0 Å². The van der Waals surface area contributed by atoms with Crippen molar-refractivity contribution in [3.8, 4) is 11.6 Å². The molecule has 0 spiro atoms. The maximum Gasteiger partial charge on any atom is 0.289 e. The predicted octanol–water partition coefficient (Wildman–Crippen LogP) is 3.02. The SMILES string of the molecule is Cn1ccnc1C(=O)N1CCCC(c2nccnc2Oc2ccccc2)C1. The van der Waals surface area contributed by atoms with Crippen LogP contribution in [0, 0.1) is 0 Å². The summed E-state index contributed by atoms with van der Waals surface area (Å²) in [5, 5.41) is 0. The summed E-state index contributed by atoms with van der Waals surface area (Å²) in [6.45, 7) is 1.30. The second kappa shape index (κ2) is 7.57. The first-order chi connectivity index (χ1) is 13.2. The third kappa shape index (κ3) is 3.67. The Balaban J connectivity index is 1.55. The van der Waals surface area contributed by atoms with Crippen molar-refractivity contribution in [2.75, 3.05) is 13.1 Å². The number of amides is 1. The van der Waals surface area contributed by atoms with Crippen LogP contribution >= 0.6 is 0 Å². The molecule has 1 atom stereocenters. The van der Waals surface area contributed by atoms with E-state index in [0.717, 1.165) is 30.8 Å². The van der Waals surface area contributed by atoms with Crippen molar-refractivity contribution in [3.05, 3.63) is 66.6 Å². The van der Waals surface area contributed by atoms with Crippen LogP contribution in [0.3, 0.4) is 0 Å². The molecule has 4 rings (SSSR count). The van der Waals surface area contributed by atoms with Gasteiger partial charge in [0.05, 0.1) is 0 Å². The number of rotatable bonds is 4. The van der Waals surface area contributed by atoms with Gasteiger partial charge in [0.25, 0.3) is 5.91 Å². The lowest BCUT2D eigenvalue weighted by Crippen LogP contribution is -2.40. The number of carbonyl (C=O) groups excluding carboxylic acids is 1. The molecule has 1 amide bonds. The summed E-state index contributed by atoms with van der Waals surface area (Å²) >= 11 is 0. The molecule has 0 radical (unpaired) electrons. The summed E-state index contributed by atoms with van der Waals surface area (Å²) in [5.41, 5.74) is 0.790. The van der Waals surface area contributed by atoms with Crippen LogP contribution in [-0.2, 0) is 7.05 Å². The van der Waals surface area contributed by atoms with Gasteiger partial charge in [-0.05, 0) is 25.0 Å². The van der Waals surface area contributed by atoms with Crippen molar-refractivity contribution in [2.24, 2.45) is 7.05 Å². The minimum absolute atomic E-state index is 0.0541. The summed E-state index contributed by atoms with van der Waals surface area (Å²) in [6, 6.07) is 9.54. The highest BCUT2D eigenvalue weighted by molar-refractivity contribution is 5.90. The van der Waals surface area contributed by atoms with Gasteiger partial charge in [-0.1, -0.05) is 18.2 Å². The minimum Gasteiger partial charge on any atom is -0.437 e. The first-order valence-electron chi connectivity index (χ1n) is 9.03. The summed E-state index contributed by atoms with van der Waals surface area (Å²) < 4.78 is 7.70. The smallest absolute Gasteiger partial charge is 0.289 e. The third-order valence-electron chi connectivity index (χ3n) is 4.76. The van der Waals surface area contributed by atoms with Crippen molar-refractivity contribution in [1.82, 2.24) is 24.4 Å². The Morgan fingerprint density at radius 2 is 1.93 bits per heavy atom. The van der Waals surface area contributed by atoms with E-state index in [2.05, 4.69) is 15.0 Å². The minimum atomic E-state index is -0.0541. The second-order valence-corrected chi connectivity index (χ2v) is 6.61. The molecule has 3 aromatic rings. The van der Waals surface area contributed by atoms with Crippen LogP contribution in [0.5, 0.6) is 11.6 Å². The molecule has 1 saturated heterocycles. The van der Waals surface area contributed by atoms with Gasteiger partial charge in [0.1, 0.15) is 11.4 Å². The van der Waals surface area contributed by atoms with Gasteiger partial charge >= 0.3 is 0 Å². The van der Waals surface area contributed by atoms with Gasteiger partial charge in [-0.2, -0.15) is 0 Å².